The van der Waals surface area contributed by atoms with Crippen LogP contribution in [0.5, 0.6) is 0 Å². The molecule has 0 saturated carbocycles. The van der Waals surface area contributed by atoms with Crippen LogP contribution in [0.3, 0.4) is 0 Å². The van der Waals surface area contributed by atoms with Gasteiger partial charge in [-0.05, 0) is 27.6 Å². The van der Waals surface area contributed by atoms with E-state index in [0.29, 0.717) is 11.0 Å². The lowest BCUT2D eigenvalue weighted by Crippen LogP contribution is -2.43. The van der Waals surface area contributed by atoms with Gasteiger partial charge in [-0.25, -0.2) is 4.79 Å². The molecule has 3 aromatic carbocycles. The van der Waals surface area contributed by atoms with Gasteiger partial charge in [-0.2, -0.15) is 0 Å². The molecular formula is C20H22NO2+. The number of hydrogen-bond donors (Lipinski definition) is 0. The molecule has 23 heavy (non-hydrogen) atoms. The van der Waals surface area contributed by atoms with Crippen LogP contribution >= 0.6 is 0 Å². The van der Waals surface area contributed by atoms with Crippen LogP contribution in [0.25, 0.3) is 21.5 Å². The Morgan fingerprint density at radius 3 is 2.00 bits per heavy atom. The summed E-state index contributed by atoms with van der Waals surface area (Å²) in [7, 11) is 5.57. The van der Waals surface area contributed by atoms with Gasteiger partial charge in [0.25, 0.3) is 0 Å². The fourth-order valence-corrected chi connectivity index (χ4v) is 3.18. The summed E-state index contributed by atoms with van der Waals surface area (Å²) in [5, 5.41) is 4.98. The molecule has 0 atom stereocenters. The van der Waals surface area contributed by atoms with Gasteiger partial charge in [0.2, 0.25) is 0 Å². The zero-order valence-corrected chi connectivity index (χ0v) is 13.9. The van der Waals surface area contributed by atoms with Crippen LogP contribution < -0.4 is 0 Å². The molecule has 3 heteroatoms. The minimum absolute atomic E-state index is 0.181. The Morgan fingerprint density at radius 1 is 0.957 bits per heavy atom. The van der Waals surface area contributed by atoms with Crippen molar-refractivity contribution in [2.75, 3.05) is 27.7 Å². The maximum absolute atomic E-state index is 11.7. The third kappa shape index (κ3) is 3.20. The highest BCUT2D eigenvalue weighted by molar-refractivity contribution is 6.02. The summed E-state index contributed by atoms with van der Waals surface area (Å²) in [6, 6.07) is 19.1. The van der Waals surface area contributed by atoms with Crippen molar-refractivity contribution in [2.24, 2.45) is 0 Å². The number of quaternary nitrogens is 1. The molecule has 3 rings (SSSR count). The first kappa shape index (κ1) is 15.5. The van der Waals surface area contributed by atoms with Crippen LogP contribution in [0.4, 0.5) is 0 Å². The SMILES string of the molecule is COC(=O)C[N+](C)(C)Cc1c2ccccc2cc2ccccc12. The van der Waals surface area contributed by atoms with E-state index in [4.69, 9.17) is 4.74 Å². The third-order valence-corrected chi connectivity index (χ3v) is 4.25. The number of benzene rings is 3. The standard InChI is InChI=1S/C20H22NO2/c1-21(2,14-20(22)23-3)13-19-17-10-6-4-8-15(17)12-16-9-5-7-11-18(16)19/h4-12H,13-14H2,1-3H3/q+1. The number of esters is 1. The van der Waals surface area contributed by atoms with Crippen molar-refractivity contribution in [1.29, 1.82) is 0 Å². The minimum Gasteiger partial charge on any atom is -0.465 e. The first-order valence-electron chi connectivity index (χ1n) is 7.78. The Labute approximate surface area is 136 Å². The Hall–Kier alpha value is -2.39. The molecule has 0 saturated heterocycles. The van der Waals surface area contributed by atoms with Crippen molar-refractivity contribution < 1.29 is 14.0 Å². The number of carbonyl (C=O) groups excluding carboxylic acids is 1. The highest BCUT2D eigenvalue weighted by Crippen LogP contribution is 2.30. The van der Waals surface area contributed by atoms with E-state index in [2.05, 4.69) is 68.7 Å². The quantitative estimate of drug-likeness (QED) is 0.417. The maximum atomic E-state index is 11.7. The molecule has 0 aliphatic heterocycles. The summed E-state index contributed by atoms with van der Waals surface area (Å²) in [6.45, 7) is 1.13. The first-order valence-corrected chi connectivity index (χ1v) is 7.78. The predicted molar refractivity (Wildman–Crippen MR) is 94.1 cm³/mol. The molecular weight excluding hydrogens is 286 g/mol. The summed E-state index contributed by atoms with van der Waals surface area (Å²) in [4.78, 5) is 11.7. The van der Waals surface area contributed by atoms with E-state index in [0.717, 1.165) is 6.54 Å². The third-order valence-electron chi connectivity index (χ3n) is 4.25. The fraction of sp³-hybridized carbons (Fsp3) is 0.250. The summed E-state index contributed by atoms with van der Waals surface area (Å²) in [6.07, 6.45) is 0. The van der Waals surface area contributed by atoms with Crippen molar-refractivity contribution in [3.8, 4) is 0 Å². The van der Waals surface area contributed by atoms with Crippen LogP contribution in [-0.2, 0) is 16.1 Å². The number of hydrogen-bond acceptors (Lipinski definition) is 2. The minimum atomic E-state index is -0.181. The molecule has 0 aliphatic rings. The van der Waals surface area contributed by atoms with E-state index >= 15 is 0 Å². The second kappa shape index (κ2) is 6.01. The molecule has 118 valence electrons. The smallest absolute Gasteiger partial charge is 0.361 e. The van der Waals surface area contributed by atoms with Crippen LogP contribution in [-0.4, -0.2) is 38.2 Å². The number of likely N-dealkylation sites (N-methyl/N-ethyl adjacent to an activating group) is 1. The molecule has 0 N–H and O–H groups in total. The average molecular weight is 308 g/mol. The van der Waals surface area contributed by atoms with Gasteiger partial charge in [-0.3, -0.25) is 0 Å². The summed E-state index contributed by atoms with van der Waals surface area (Å²) < 4.78 is 5.40. The lowest BCUT2D eigenvalue weighted by Gasteiger charge is -2.29. The maximum Gasteiger partial charge on any atom is 0.361 e. The summed E-state index contributed by atoms with van der Waals surface area (Å²) in [5.74, 6) is -0.181. The molecule has 0 aliphatic carbocycles. The van der Waals surface area contributed by atoms with E-state index < -0.39 is 0 Å². The number of nitrogens with zero attached hydrogens (tertiary/aromatic N) is 1. The Bertz CT molecular complexity index is 814. The van der Waals surface area contributed by atoms with Gasteiger partial charge in [-0.1, -0.05) is 48.5 Å². The normalized spacial score (nSPS) is 11.8. The molecule has 0 fully saturated rings. The largest absolute Gasteiger partial charge is 0.465 e. The zero-order chi connectivity index (χ0) is 16.4. The molecule has 3 nitrogen and oxygen atoms in total. The second-order valence-electron chi connectivity index (χ2n) is 6.63. The molecule has 0 radical (unpaired) electrons. The second-order valence-corrected chi connectivity index (χ2v) is 6.63. The lowest BCUT2D eigenvalue weighted by molar-refractivity contribution is -0.896. The van der Waals surface area contributed by atoms with E-state index in [9.17, 15) is 4.79 Å². The average Bonchev–Trinajstić information content (AvgIpc) is 2.54. The van der Waals surface area contributed by atoms with Gasteiger partial charge >= 0.3 is 5.97 Å². The monoisotopic (exact) mass is 308 g/mol. The van der Waals surface area contributed by atoms with Crippen molar-refractivity contribution in [2.45, 2.75) is 6.54 Å². The number of methoxy groups -OCH3 is 1. The van der Waals surface area contributed by atoms with Crippen LogP contribution in [0.15, 0.2) is 54.6 Å². The first-order chi connectivity index (χ1) is 11.0. The molecule has 0 heterocycles. The zero-order valence-electron chi connectivity index (χ0n) is 13.9. The highest BCUT2D eigenvalue weighted by atomic mass is 16.5. The number of fused-ring (bicyclic) bond motifs is 2. The van der Waals surface area contributed by atoms with Gasteiger partial charge in [0.1, 0.15) is 6.54 Å². The van der Waals surface area contributed by atoms with Crippen LogP contribution in [0, 0.1) is 0 Å². The van der Waals surface area contributed by atoms with E-state index in [1.165, 1.54) is 34.2 Å². The van der Waals surface area contributed by atoms with Crippen LogP contribution in [0.1, 0.15) is 5.56 Å². The molecule has 0 amide bonds. The van der Waals surface area contributed by atoms with Crippen molar-refractivity contribution in [3.05, 3.63) is 60.2 Å². The van der Waals surface area contributed by atoms with Crippen LogP contribution in [0.2, 0.25) is 0 Å². The lowest BCUT2D eigenvalue weighted by atomic mass is 9.96. The summed E-state index contributed by atoms with van der Waals surface area (Å²) in [5.41, 5.74) is 1.28. The van der Waals surface area contributed by atoms with Gasteiger partial charge in [0, 0.05) is 5.56 Å². The molecule has 0 spiro atoms. The van der Waals surface area contributed by atoms with E-state index in [1.54, 1.807) is 0 Å². The van der Waals surface area contributed by atoms with Gasteiger partial charge in [0.05, 0.1) is 21.2 Å². The van der Waals surface area contributed by atoms with Gasteiger partial charge < -0.3 is 9.22 Å². The number of rotatable bonds is 4. The Balaban J connectivity index is 2.15. The molecule has 0 aromatic heterocycles. The highest BCUT2D eigenvalue weighted by Gasteiger charge is 2.23. The molecule has 0 unspecified atom stereocenters. The summed E-state index contributed by atoms with van der Waals surface area (Å²) >= 11 is 0. The number of carbonyl (C=O) groups is 1. The van der Waals surface area contributed by atoms with E-state index in [1.807, 2.05) is 0 Å². The topological polar surface area (TPSA) is 26.3 Å². The van der Waals surface area contributed by atoms with Crippen molar-refractivity contribution >= 4 is 27.5 Å². The van der Waals surface area contributed by atoms with Gasteiger partial charge in [0.15, 0.2) is 6.54 Å². The predicted octanol–water partition coefficient (Wildman–Crippen LogP) is 3.74. The fourth-order valence-electron chi connectivity index (χ4n) is 3.18. The molecule has 3 aromatic rings. The molecule has 0 bridgehead atoms. The Morgan fingerprint density at radius 2 is 1.48 bits per heavy atom. The van der Waals surface area contributed by atoms with Gasteiger partial charge in [-0.15, -0.1) is 0 Å². The van der Waals surface area contributed by atoms with E-state index in [-0.39, 0.29) is 5.97 Å². The van der Waals surface area contributed by atoms with Crippen molar-refractivity contribution in [1.82, 2.24) is 0 Å². The Kier molecular flexibility index (Phi) is 4.05. The van der Waals surface area contributed by atoms with Crippen molar-refractivity contribution in [3.63, 3.8) is 0 Å². The number of ether oxygens (including phenoxy) is 1.